The molecule has 82 valence electrons. The summed E-state index contributed by atoms with van der Waals surface area (Å²) < 4.78 is 5.22. The first-order valence-electron chi connectivity index (χ1n) is 5.30. The molecule has 0 aliphatic heterocycles. The molecule has 0 radical (unpaired) electrons. The average molecular weight is 200 g/mol. The molecule has 3 nitrogen and oxygen atoms in total. The van der Waals surface area contributed by atoms with E-state index in [0.717, 1.165) is 12.8 Å². The molecule has 3 heteroatoms. The van der Waals surface area contributed by atoms with Crippen LogP contribution in [0.3, 0.4) is 0 Å². The lowest BCUT2D eigenvalue weighted by Gasteiger charge is -2.38. The Morgan fingerprint density at radius 3 is 2.64 bits per heavy atom. The summed E-state index contributed by atoms with van der Waals surface area (Å²) in [5.74, 6) is 0.231. The van der Waals surface area contributed by atoms with E-state index < -0.39 is 11.6 Å². The zero-order valence-corrected chi connectivity index (χ0v) is 9.25. The molecule has 1 saturated carbocycles. The minimum atomic E-state index is -0.910. The van der Waals surface area contributed by atoms with Crippen molar-refractivity contribution in [3.63, 3.8) is 0 Å². The minimum Gasteiger partial charge on any atom is -0.479 e. The van der Waals surface area contributed by atoms with E-state index in [-0.39, 0.29) is 0 Å². The van der Waals surface area contributed by atoms with E-state index >= 15 is 0 Å². The van der Waals surface area contributed by atoms with E-state index in [9.17, 15) is 4.79 Å². The summed E-state index contributed by atoms with van der Waals surface area (Å²) in [6.45, 7) is 4.30. The Bertz CT molecular complexity index is 213. The third-order valence-electron chi connectivity index (χ3n) is 3.47. The third kappa shape index (κ3) is 2.08. The average Bonchev–Trinajstić information content (AvgIpc) is 2.17. The molecule has 0 bridgehead atoms. The predicted molar refractivity (Wildman–Crippen MR) is 54.2 cm³/mol. The molecular weight excluding hydrogens is 180 g/mol. The fourth-order valence-electron chi connectivity index (χ4n) is 2.31. The molecule has 1 N–H and O–H groups in total. The molecular formula is C11H20O3. The number of carboxylic acid groups (broad SMARTS) is 1. The van der Waals surface area contributed by atoms with Crippen LogP contribution < -0.4 is 0 Å². The molecule has 1 rings (SSSR count). The number of hydrogen-bond donors (Lipinski definition) is 1. The van der Waals surface area contributed by atoms with Crippen LogP contribution in [0, 0.1) is 11.8 Å². The van der Waals surface area contributed by atoms with E-state index in [0.29, 0.717) is 24.7 Å². The summed E-state index contributed by atoms with van der Waals surface area (Å²) >= 11 is 0. The summed E-state index contributed by atoms with van der Waals surface area (Å²) in [4.78, 5) is 11.2. The lowest BCUT2D eigenvalue weighted by Crippen LogP contribution is -2.45. The molecule has 1 aliphatic rings. The smallest absolute Gasteiger partial charge is 0.335 e. The fraction of sp³-hybridized carbons (Fsp3) is 0.909. The normalized spacial score (nSPS) is 33.3. The predicted octanol–water partition coefficient (Wildman–Crippen LogP) is 2.30. The molecule has 0 heterocycles. The van der Waals surface area contributed by atoms with Crippen molar-refractivity contribution in [3.8, 4) is 0 Å². The lowest BCUT2D eigenvalue weighted by atomic mass is 9.73. The zero-order chi connectivity index (χ0) is 10.8. The lowest BCUT2D eigenvalue weighted by molar-refractivity contribution is -0.169. The van der Waals surface area contributed by atoms with Gasteiger partial charge in [-0.1, -0.05) is 13.8 Å². The first-order chi connectivity index (χ1) is 6.52. The largest absolute Gasteiger partial charge is 0.479 e. The summed E-state index contributed by atoms with van der Waals surface area (Å²) in [6, 6.07) is 0. The van der Waals surface area contributed by atoms with Crippen molar-refractivity contribution in [3.05, 3.63) is 0 Å². The SMILES string of the molecule is COC1(C(=O)O)CCCC(C(C)C)C1. The summed E-state index contributed by atoms with van der Waals surface area (Å²) in [5, 5.41) is 9.16. The van der Waals surface area contributed by atoms with Gasteiger partial charge in [-0.25, -0.2) is 4.79 Å². The van der Waals surface area contributed by atoms with Gasteiger partial charge in [0.15, 0.2) is 5.60 Å². The van der Waals surface area contributed by atoms with Gasteiger partial charge in [0.05, 0.1) is 0 Å². The molecule has 14 heavy (non-hydrogen) atoms. The van der Waals surface area contributed by atoms with Crippen LogP contribution in [-0.4, -0.2) is 23.8 Å². The Hall–Kier alpha value is -0.570. The first-order valence-corrected chi connectivity index (χ1v) is 5.30. The van der Waals surface area contributed by atoms with Gasteiger partial charge in [0.1, 0.15) is 0 Å². The van der Waals surface area contributed by atoms with Crippen molar-refractivity contribution in [2.75, 3.05) is 7.11 Å². The van der Waals surface area contributed by atoms with Gasteiger partial charge in [0, 0.05) is 7.11 Å². The van der Waals surface area contributed by atoms with Gasteiger partial charge in [-0.15, -0.1) is 0 Å². The highest BCUT2D eigenvalue weighted by Crippen LogP contribution is 2.38. The molecule has 1 fully saturated rings. The molecule has 0 aromatic heterocycles. The minimum absolute atomic E-state index is 0.486. The molecule has 1 aliphatic carbocycles. The monoisotopic (exact) mass is 200 g/mol. The van der Waals surface area contributed by atoms with Crippen LogP contribution in [0.1, 0.15) is 39.5 Å². The Labute approximate surface area is 85.5 Å². The van der Waals surface area contributed by atoms with E-state index in [1.54, 1.807) is 0 Å². The van der Waals surface area contributed by atoms with E-state index in [1.807, 2.05) is 0 Å². The fourth-order valence-corrected chi connectivity index (χ4v) is 2.31. The van der Waals surface area contributed by atoms with Crippen LogP contribution >= 0.6 is 0 Å². The number of hydrogen-bond acceptors (Lipinski definition) is 2. The standard InChI is InChI=1S/C11H20O3/c1-8(2)9-5-4-6-11(7-9,14-3)10(12)13/h8-9H,4-7H2,1-3H3,(H,12,13). The van der Waals surface area contributed by atoms with E-state index in [1.165, 1.54) is 7.11 Å². The second-order valence-electron chi connectivity index (χ2n) is 4.60. The molecule has 0 amide bonds. The third-order valence-corrected chi connectivity index (χ3v) is 3.47. The van der Waals surface area contributed by atoms with Crippen molar-refractivity contribution >= 4 is 5.97 Å². The van der Waals surface area contributed by atoms with Gasteiger partial charge in [-0.2, -0.15) is 0 Å². The second kappa shape index (κ2) is 4.30. The van der Waals surface area contributed by atoms with Gasteiger partial charge < -0.3 is 9.84 Å². The molecule has 2 unspecified atom stereocenters. The van der Waals surface area contributed by atoms with E-state index in [4.69, 9.17) is 9.84 Å². The van der Waals surface area contributed by atoms with Crippen LogP contribution in [0.5, 0.6) is 0 Å². The van der Waals surface area contributed by atoms with Gasteiger partial charge in [-0.3, -0.25) is 0 Å². The zero-order valence-electron chi connectivity index (χ0n) is 9.25. The number of rotatable bonds is 3. The van der Waals surface area contributed by atoms with Crippen LogP contribution in [0.2, 0.25) is 0 Å². The Morgan fingerprint density at radius 1 is 1.57 bits per heavy atom. The van der Waals surface area contributed by atoms with Crippen LogP contribution in [0.15, 0.2) is 0 Å². The number of carboxylic acids is 1. The van der Waals surface area contributed by atoms with Crippen LogP contribution in [0.25, 0.3) is 0 Å². The van der Waals surface area contributed by atoms with Gasteiger partial charge in [-0.05, 0) is 37.5 Å². The van der Waals surface area contributed by atoms with Crippen molar-refractivity contribution < 1.29 is 14.6 Å². The summed E-state index contributed by atoms with van der Waals surface area (Å²) in [5.41, 5.74) is -0.910. The highest BCUT2D eigenvalue weighted by Gasteiger charge is 2.43. The Kier molecular flexibility index (Phi) is 3.53. The number of carbonyl (C=O) groups is 1. The Morgan fingerprint density at radius 2 is 2.21 bits per heavy atom. The number of methoxy groups -OCH3 is 1. The van der Waals surface area contributed by atoms with Crippen molar-refractivity contribution in [2.45, 2.75) is 45.1 Å². The first kappa shape index (κ1) is 11.5. The van der Waals surface area contributed by atoms with Crippen molar-refractivity contribution in [2.24, 2.45) is 11.8 Å². The van der Waals surface area contributed by atoms with Gasteiger partial charge >= 0.3 is 5.97 Å². The highest BCUT2D eigenvalue weighted by molar-refractivity contribution is 5.77. The number of ether oxygens (including phenoxy) is 1. The second-order valence-corrected chi connectivity index (χ2v) is 4.60. The molecule has 0 aromatic rings. The Balaban J connectivity index is 2.74. The molecule has 0 saturated heterocycles. The highest BCUT2D eigenvalue weighted by atomic mass is 16.5. The quantitative estimate of drug-likeness (QED) is 0.760. The summed E-state index contributed by atoms with van der Waals surface area (Å²) in [7, 11) is 1.51. The van der Waals surface area contributed by atoms with Gasteiger partial charge in [0.25, 0.3) is 0 Å². The summed E-state index contributed by atoms with van der Waals surface area (Å²) in [6.07, 6.45) is 3.41. The van der Waals surface area contributed by atoms with Gasteiger partial charge in [0.2, 0.25) is 0 Å². The van der Waals surface area contributed by atoms with Crippen molar-refractivity contribution in [1.82, 2.24) is 0 Å². The van der Waals surface area contributed by atoms with Crippen LogP contribution in [-0.2, 0) is 9.53 Å². The maximum atomic E-state index is 11.2. The molecule has 2 atom stereocenters. The topological polar surface area (TPSA) is 46.5 Å². The van der Waals surface area contributed by atoms with E-state index in [2.05, 4.69) is 13.8 Å². The maximum absolute atomic E-state index is 11.2. The molecule has 0 aromatic carbocycles. The maximum Gasteiger partial charge on any atom is 0.335 e. The number of aliphatic carboxylic acids is 1. The van der Waals surface area contributed by atoms with Crippen LogP contribution in [0.4, 0.5) is 0 Å². The molecule has 0 spiro atoms. The van der Waals surface area contributed by atoms with Crippen molar-refractivity contribution in [1.29, 1.82) is 0 Å².